The molecule has 3 aliphatic heterocycles. The topological polar surface area (TPSA) is 59.1 Å². The van der Waals surface area contributed by atoms with Crippen molar-refractivity contribution in [1.29, 1.82) is 0 Å². The molecule has 4 rings (SSSR count). The summed E-state index contributed by atoms with van der Waals surface area (Å²) in [5.41, 5.74) is 0.277. The summed E-state index contributed by atoms with van der Waals surface area (Å²) in [4.78, 5) is 29.8. The fourth-order valence-corrected chi connectivity index (χ4v) is 4.48. The number of fused-ring (bicyclic) bond motifs is 1. The molecule has 2 amide bonds. The molecule has 1 aromatic carbocycles. The maximum Gasteiger partial charge on any atom is 0.232 e. The number of likely N-dealkylation sites (tertiary alicyclic amines) is 2. The molecule has 6 heteroatoms. The van der Waals surface area contributed by atoms with Crippen LogP contribution in [0.2, 0.25) is 0 Å². The zero-order chi connectivity index (χ0) is 19.7. The third-order valence-electron chi connectivity index (χ3n) is 6.35. The van der Waals surface area contributed by atoms with E-state index < -0.39 is 5.41 Å². The molecule has 0 saturated carbocycles. The molecule has 2 saturated heterocycles. The molecule has 0 aliphatic carbocycles. The SMILES string of the molecule is CC(C)(C(=O)N1CCC(C(=O)N2CCCC2)CC1)c1ccc2c(c1)OCCO2. The number of rotatable bonds is 3. The highest BCUT2D eigenvalue weighted by Crippen LogP contribution is 2.36. The van der Waals surface area contributed by atoms with E-state index in [-0.39, 0.29) is 17.7 Å². The number of ether oxygens (including phenoxy) is 2. The Morgan fingerprint density at radius 2 is 1.57 bits per heavy atom. The molecule has 1 aromatic rings. The van der Waals surface area contributed by atoms with Crippen LogP contribution in [0.4, 0.5) is 0 Å². The van der Waals surface area contributed by atoms with Crippen molar-refractivity contribution in [1.82, 2.24) is 9.80 Å². The quantitative estimate of drug-likeness (QED) is 0.801. The molecule has 0 bridgehead atoms. The molecule has 152 valence electrons. The van der Waals surface area contributed by atoms with Crippen molar-refractivity contribution < 1.29 is 19.1 Å². The summed E-state index contributed by atoms with van der Waals surface area (Å²) in [5.74, 6) is 1.91. The Morgan fingerprint density at radius 1 is 0.929 bits per heavy atom. The van der Waals surface area contributed by atoms with Gasteiger partial charge >= 0.3 is 0 Å². The van der Waals surface area contributed by atoms with E-state index in [9.17, 15) is 9.59 Å². The van der Waals surface area contributed by atoms with Gasteiger partial charge in [0.2, 0.25) is 11.8 Å². The predicted octanol–water partition coefficient (Wildman–Crippen LogP) is 2.60. The summed E-state index contributed by atoms with van der Waals surface area (Å²) in [6.07, 6.45) is 3.76. The molecular formula is C22H30N2O4. The van der Waals surface area contributed by atoms with Gasteiger partial charge in [0.1, 0.15) is 13.2 Å². The smallest absolute Gasteiger partial charge is 0.232 e. The molecule has 0 spiro atoms. The van der Waals surface area contributed by atoms with Crippen molar-refractivity contribution in [3.05, 3.63) is 23.8 Å². The number of hydrogen-bond donors (Lipinski definition) is 0. The summed E-state index contributed by atoms with van der Waals surface area (Å²) in [6, 6.07) is 5.77. The minimum Gasteiger partial charge on any atom is -0.486 e. The molecule has 0 unspecified atom stereocenters. The lowest BCUT2D eigenvalue weighted by Gasteiger charge is -2.37. The molecule has 0 atom stereocenters. The summed E-state index contributed by atoms with van der Waals surface area (Å²) < 4.78 is 11.3. The van der Waals surface area contributed by atoms with Crippen LogP contribution in [-0.2, 0) is 15.0 Å². The van der Waals surface area contributed by atoms with Crippen molar-refractivity contribution in [2.75, 3.05) is 39.4 Å². The first-order valence-corrected chi connectivity index (χ1v) is 10.4. The monoisotopic (exact) mass is 386 g/mol. The first-order chi connectivity index (χ1) is 13.5. The van der Waals surface area contributed by atoms with Gasteiger partial charge in [0.15, 0.2) is 11.5 Å². The predicted molar refractivity (Wildman–Crippen MR) is 106 cm³/mol. The number of benzene rings is 1. The van der Waals surface area contributed by atoms with E-state index in [1.807, 2.05) is 41.8 Å². The van der Waals surface area contributed by atoms with Gasteiger partial charge in [-0.1, -0.05) is 6.07 Å². The van der Waals surface area contributed by atoms with E-state index in [1.165, 1.54) is 0 Å². The average molecular weight is 386 g/mol. The van der Waals surface area contributed by atoms with Crippen LogP contribution in [0.1, 0.15) is 45.1 Å². The van der Waals surface area contributed by atoms with Crippen molar-refractivity contribution in [2.24, 2.45) is 5.92 Å². The zero-order valence-electron chi connectivity index (χ0n) is 16.9. The third-order valence-corrected chi connectivity index (χ3v) is 6.35. The van der Waals surface area contributed by atoms with Gasteiger partial charge in [-0.05, 0) is 57.2 Å². The standard InChI is InChI=1S/C22H30N2O4/c1-22(2,17-5-6-18-19(15-17)28-14-13-27-18)21(26)24-11-7-16(8-12-24)20(25)23-9-3-4-10-23/h5-6,15-16H,3-4,7-14H2,1-2H3. The maximum absolute atomic E-state index is 13.3. The highest BCUT2D eigenvalue weighted by Gasteiger charge is 2.38. The molecule has 0 aromatic heterocycles. The van der Waals surface area contributed by atoms with Gasteiger partial charge in [0.25, 0.3) is 0 Å². The normalized spacial score (nSPS) is 20.4. The van der Waals surface area contributed by atoms with Gasteiger partial charge < -0.3 is 19.3 Å². The summed E-state index contributed by atoms with van der Waals surface area (Å²) >= 11 is 0. The van der Waals surface area contributed by atoms with Crippen molar-refractivity contribution in [3.8, 4) is 11.5 Å². The lowest BCUT2D eigenvalue weighted by Crippen LogP contribution is -2.49. The minimum absolute atomic E-state index is 0.0690. The second-order valence-corrected chi connectivity index (χ2v) is 8.58. The molecule has 3 aliphatic rings. The van der Waals surface area contributed by atoms with E-state index >= 15 is 0 Å². The Balaban J connectivity index is 1.40. The number of hydrogen-bond acceptors (Lipinski definition) is 4. The van der Waals surface area contributed by atoms with E-state index in [2.05, 4.69) is 0 Å². The lowest BCUT2D eigenvalue weighted by molar-refractivity contribution is -0.142. The van der Waals surface area contributed by atoms with Crippen LogP contribution >= 0.6 is 0 Å². The minimum atomic E-state index is -0.651. The van der Waals surface area contributed by atoms with Crippen LogP contribution < -0.4 is 9.47 Å². The van der Waals surface area contributed by atoms with E-state index in [0.717, 1.165) is 50.1 Å². The molecule has 0 radical (unpaired) electrons. The van der Waals surface area contributed by atoms with Crippen LogP contribution in [-0.4, -0.2) is 61.0 Å². The molecule has 2 fully saturated rings. The van der Waals surface area contributed by atoms with E-state index in [0.29, 0.717) is 32.1 Å². The van der Waals surface area contributed by atoms with Crippen molar-refractivity contribution in [2.45, 2.75) is 44.9 Å². The van der Waals surface area contributed by atoms with Gasteiger partial charge in [-0.2, -0.15) is 0 Å². The first-order valence-electron chi connectivity index (χ1n) is 10.4. The van der Waals surface area contributed by atoms with Crippen LogP contribution in [0.25, 0.3) is 0 Å². The van der Waals surface area contributed by atoms with Gasteiger partial charge in [-0.25, -0.2) is 0 Å². The molecule has 3 heterocycles. The van der Waals surface area contributed by atoms with Crippen molar-refractivity contribution in [3.63, 3.8) is 0 Å². The fraction of sp³-hybridized carbons (Fsp3) is 0.636. The van der Waals surface area contributed by atoms with Crippen LogP contribution in [0.5, 0.6) is 11.5 Å². The second-order valence-electron chi connectivity index (χ2n) is 8.58. The van der Waals surface area contributed by atoms with Crippen molar-refractivity contribution >= 4 is 11.8 Å². The van der Waals surface area contributed by atoms with Gasteiger partial charge in [-0.15, -0.1) is 0 Å². The number of nitrogens with zero attached hydrogens (tertiary/aromatic N) is 2. The number of carbonyl (C=O) groups excluding carboxylic acids is 2. The van der Waals surface area contributed by atoms with E-state index in [1.54, 1.807) is 0 Å². The Hall–Kier alpha value is -2.24. The van der Waals surface area contributed by atoms with Crippen LogP contribution in [0.15, 0.2) is 18.2 Å². The Labute approximate surface area is 166 Å². The van der Waals surface area contributed by atoms with Crippen LogP contribution in [0, 0.1) is 5.92 Å². The summed E-state index contributed by atoms with van der Waals surface area (Å²) in [7, 11) is 0. The Morgan fingerprint density at radius 3 is 2.25 bits per heavy atom. The van der Waals surface area contributed by atoms with E-state index in [4.69, 9.17) is 9.47 Å². The summed E-state index contributed by atoms with van der Waals surface area (Å²) in [6.45, 7) is 8.10. The fourth-order valence-electron chi connectivity index (χ4n) is 4.48. The Bertz CT molecular complexity index is 747. The first kappa shape index (κ1) is 19.1. The molecule has 28 heavy (non-hydrogen) atoms. The number of carbonyl (C=O) groups is 2. The molecule has 6 nitrogen and oxygen atoms in total. The van der Waals surface area contributed by atoms with Gasteiger partial charge in [0.05, 0.1) is 5.41 Å². The highest BCUT2D eigenvalue weighted by molar-refractivity contribution is 5.88. The number of amides is 2. The van der Waals surface area contributed by atoms with Gasteiger partial charge in [0, 0.05) is 32.1 Å². The average Bonchev–Trinajstić information content (AvgIpc) is 3.27. The second kappa shape index (κ2) is 7.64. The highest BCUT2D eigenvalue weighted by atomic mass is 16.6. The third kappa shape index (κ3) is 3.56. The number of piperidine rings is 1. The molecule has 0 N–H and O–H groups in total. The summed E-state index contributed by atoms with van der Waals surface area (Å²) in [5, 5.41) is 0. The molecular weight excluding hydrogens is 356 g/mol. The van der Waals surface area contributed by atoms with Crippen LogP contribution in [0.3, 0.4) is 0 Å². The lowest BCUT2D eigenvalue weighted by atomic mass is 9.82. The zero-order valence-corrected chi connectivity index (χ0v) is 16.9. The maximum atomic E-state index is 13.3. The largest absolute Gasteiger partial charge is 0.486 e. The van der Waals surface area contributed by atoms with Gasteiger partial charge in [-0.3, -0.25) is 9.59 Å². The Kier molecular flexibility index (Phi) is 5.21.